The first-order valence-corrected chi connectivity index (χ1v) is 8.84. The van der Waals surface area contributed by atoms with Gasteiger partial charge in [0.2, 0.25) is 5.91 Å². The summed E-state index contributed by atoms with van der Waals surface area (Å²) < 4.78 is 0. The number of rotatable bonds is 8. The second kappa shape index (κ2) is 9.31. The fourth-order valence-electron chi connectivity index (χ4n) is 2.18. The Bertz CT molecular complexity index is 556. The number of nitrogens with one attached hydrogen (secondary N) is 1. The quantitative estimate of drug-likeness (QED) is 0.739. The number of hydrogen-bond donors (Lipinski definition) is 1. The molecule has 0 saturated heterocycles. The van der Waals surface area contributed by atoms with E-state index < -0.39 is 0 Å². The Labute approximate surface area is 137 Å². The first-order valence-electron chi connectivity index (χ1n) is 7.69. The van der Waals surface area contributed by atoms with Crippen LogP contribution in [0.3, 0.4) is 0 Å². The number of carbonyl (C=O) groups is 1. The highest BCUT2D eigenvalue weighted by molar-refractivity contribution is 7.98. The molecule has 0 saturated carbocycles. The van der Waals surface area contributed by atoms with Crippen LogP contribution in [-0.2, 0) is 10.5 Å². The predicted octanol–water partition coefficient (Wildman–Crippen LogP) is 4.23. The van der Waals surface area contributed by atoms with E-state index in [0.717, 1.165) is 11.5 Å². The Morgan fingerprint density at radius 1 is 1.05 bits per heavy atom. The third kappa shape index (κ3) is 5.94. The maximum Gasteiger partial charge on any atom is 0.220 e. The molecule has 0 aliphatic rings. The van der Waals surface area contributed by atoms with Gasteiger partial charge in [-0.05, 0) is 17.0 Å². The molecule has 2 aromatic carbocycles. The van der Waals surface area contributed by atoms with Crippen LogP contribution in [0.2, 0.25) is 0 Å². The molecule has 1 N–H and O–H groups in total. The first-order chi connectivity index (χ1) is 10.8. The van der Waals surface area contributed by atoms with Crippen molar-refractivity contribution in [1.29, 1.82) is 0 Å². The minimum Gasteiger partial charge on any atom is -0.355 e. The van der Waals surface area contributed by atoms with E-state index in [1.807, 2.05) is 36.4 Å². The topological polar surface area (TPSA) is 29.1 Å². The second-order valence-electron chi connectivity index (χ2n) is 5.40. The third-order valence-corrected chi connectivity index (χ3v) is 4.59. The van der Waals surface area contributed by atoms with Crippen LogP contribution in [0.1, 0.15) is 30.4 Å². The minimum atomic E-state index is 0.142. The zero-order valence-corrected chi connectivity index (χ0v) is 13.8. The molecular formula is C19H23NOS. The van der Waals surface area contributed by atoms with Gasteiger partial charge in [0, 0.05) is 24.5 Å². The highest BCUT2D eigenvalue weighted by Gasteiger charge is 2.07. The zero-order valence-electron chi connectivity index (χ0n) is 13.0. The van der Waals surface area contributed by atoms with Crippen LogP contribution in [0.4, 0.5) is 0 Å². The molecule has 0 fully saturated rings. The molecule has 1 amide bonds. The van der Waals surface area contributed by atoms with Gasteiger partial charge in [-0.15, -0.1) is 0 Å². The van der Waals surface area contributed by atoms with E-state index in [-0.39, 0.29) is 5.91 Å². The first kappa shape index (κ1) is 16.6. The van der Waals surface area contributed by atoms with Crippen LogP contribution < -0.4 is 5.32 Å². The highest BCUT2D eigenvalue weighted by Crippen LogP contribution is 2.14. The molecule has 3 heteroatoms. The molecule has 0 heterocycles. The number of benzene rings is 2. The number of carbonyl (C=O) groups excluding carboxylic acids is 1. The Hall–Kier alpha value is -1.74. The van der Waals surface area contributed by atoms with E-state index in [1.165, 1.54) is 11.1 Å². The van der Waals surface area contributed by atoms with E-state index in [4.69, 9.17) is 0 Å². The largest absolute Gasteiger partial charge is 0.355 e. The van der Waals surface area contributed by atoms with Crippen molar-refractivity contribution < 1.29 is 4.79 Å². The van der Waals surface area contributed by atoms with Crippen molar-refractivity contribution in [2.24, 2.45) is 0 Å². The standard InChI is InChI=1S/C19H23NOS/c1-16(18-10-6-3-7-11-18)14-20-19(21)12-13-22-15-17-8-4-2-5-9-17/h2-11,16H,12-15H2,1H3,(H,20,21). The molecule has 22 heavy (non-hydrogen) atoms. The minimum absolute atomic E-state index is 0.142. The summed E-state index contributed by atoms with van der Waals surface area (Å²) in [5.41, 5.74) is 2.58. The average molecular weight is 313 g/mol. The Balaban J connectivity index is 1.60. The van der Waals surface area contributed by atoms with Crippen molar-refractivity contribution in [2.45, 2.75) is 25.0 Å². The normalized spacial score (nSPS) is 11.9. The van der Waals surface area contributed by atoms with Crippen LogP contribution in [0.15, 0.2) is 60.7 Å². The molecule has 0 radical (unpaired) electrons. The van der Waals surface area contributed by atoms with Gasteiger partial charge in [0.25, 0.3) is 0 Å². The Morgan fingerprint density at radius 2 is 1.68 bits per heavy atom. The van der Waals surface area contributed by atoms with Crippen molar-refractivity contribution in [3.8, 4) is 0 Å². The summed E-state index contributed by atoms with van der Waals surface area (Å²) in [6, 6.07) is 20.7. The maximum absolute atomic E-state index is 11.9. The summed E-state index contributed by atoms with van der Waals surface area (Å²) in [6.45, 7) is 2.84. The van der Waals surface area contributed by atoms with Crippen LogP contribution >= 0.6 is 11.8 Å². The van der Waals surface area contributed by atoms with E-state index in [9.17, 15) is 4.79 Å². The molecule has 0 aliphatic heterocycles. The highest BCUT2D eigenvalue weighted by atomic mass is 32.2. The van der Waals surface area contributed by atoms with E-state index in [0.29, 0.717) is 18.9 Å². The van der Waals surface area contributed by atoms with Gasteiger partial charge in [0.1, 0.15) is 0 Å². The van der Waals surface area contributed by atoms with Crippen molar-refractivity contribution in [1.82, 2.24) is 5.32 Å². The van der Waals surface area contributed by atoms with E-state index in [2.05, 4.69) is 36.5 Å². The molecule has 2 nitrogen and oxygen atoms in total. The van der Waals surface area contributed by atoms with Crippen LogP contribution in [-0.4, -0.2) is 18.2 Å². The van der Waals surface area contributed by atoms with E-state index >= 15 is 0 Å². The van der Waals surface area contributed by atoms with Crippen molar-refractivity contribution in [2.75, 3.05) is 12.3 Å². The number of amides is 1. The summed E-state index contributed by atoms with van der Waals surface area (Å²) in [4.78, 5) is 11.9. The van der Waals surface area contributed by atoms with Crippen molar-refractivity contribution in [3.05, 3.63) is 71.8 Å². The van der Waals surface area contributed by atoms with Crippen LogP contribution in [0.5, 0.6) is 0 Å². The van der Waals surface area contributed by atoms with Crippen LogP contribution in [0.25, 0.3) is 0 Å². The predicted molar refractivity (Wildman–Crippen MR) is 95.1 cm³/mol. The molecule has 0 aliphatic carbocycles. The van der Waals surface area contributed by atoms with Crippen LogP contribution in [0, 0.1) is 0 Å². The van der Waals surface area contributed by atoms with Gasteiger partial charge in [-0.1, -0.05) is 67.6 Å². The lowest BCUT2D eigenvalue weighted by Crippen LogP contribution is -2.27. The molecule has 0 bridgehead atoms. The summed E-state index contributed by atoms with van der Waals surface area (Å²) >= 11 is 1.80. The zero-order chi connectivity index (χ0) is 15.6. The molecule has 0 aromatic heterocycles. The van der Waals surface area contributed by atoms with Gasteiger partial charge < -0.3 is 5.32 Å². The molecule has 1 unspecified atom stereocenters. The molecule has 116 valence electrons. The monoisotopic (exact) mass is 313 g/mol. The average Bonchev–Trinajstić information content (AvgIpc) is 2.58. The molecule has 2 aromatic rings. The van der Waals surface area contributed by atoms with Gasteiger partial charge in [0.05, 0.1) is 0 Å². The van der Waals surface area contributed by atoms with Gasteiger partial charge in [0.15, 0.2) is 0 Å². The van der Waals surface area contributed by atoms with Gasteiger partial charge in [-0.25, -0.2) is 0 Å². The summed E-state index contributed by atoms with van der Waals surface area (Å²) in [5, 5.41) is 3.03. The van der Waals surface area contributed by atoms with E-state index in [1.54, 1.807) is 11.8 Å². The summed E-state index contributed by atoms with van der Waals surface area (Å²) in [5.74, 6) is 2.32. The van der Waals surface area contributed by atoms with Crippen molar-refractivity contribution in [3.63, 3.8) is 0 Å². The molecular weight excluding hydrogens is 290 g/mol. The Kier molecular flexibility index (Phi) is 7.04. The summed E-state index contributed by atoms with van der Waals surface area (Å²) in [7, 11) is 0. The molecule has 1 atom stereocenters. The third-order valence-electron chi connectivity index (χ3n) is 3.56. The molecule has 2 rings (SSSR count). The lowest BCUT2D eigenvalue weighted by atomic mass is 10.0. The van der Waals surface area contributed by atoms with Gasteiger partial charge in [-0.2, -0.15) is 11.8 Å². The molecule has 0 spiro atoms. The van der Waals surface area contributed by atoms with Crippen molar-refractivity contribution >= 4 is 17.7 Å². The smallest absolute Gasteiger partial charge is 0.220 e. The second-order valence-corrected chi connectivity index (χ2v) is 6.51. The van der Waals surface area contributed by atoms with Gasteiger partial charge >= 0.3 is 0 Å². The SMILES string of the molecule is CC(CNC(=O)CCSCc1ccccc1)c1ccccc1. The van der Waals surface area contributed by atoms with Gasteiger partial charge in [-0.3, -0.25) is 4.79 Å². The summed E-state index contributed by atoms with van der Waals surface area (Å²) in [6.07, 6.45) is 0.582. The maximum atomic E-state index is 11.9. The lowest BCUT2D eigenvalue weighted by Gasteiger charge is -2.13. The number of hydrogen-bond acceptors (Lipinski definition) is 2. The fraction of sp³-hybridized carbons (Fsp3) is 0.316. The Morgan fingerprint density at radius 3 is 2.36 bits per heavy atom. The fourth-order valence-corrected chi connectivity index (χ4v) is 3.09. The number of thioether (sulfide) groups is 1. The lowest BCUT2D eigenvalue weighted by molar-refractivity contribution is -0.120.